The standard InChI is InChI=1S/C39H60N4O11/c1-12-29-39(8)33(42-37(48)54-39)27(20-41-19-26-14-13-15-40-18-26)30(45)21(2)17-38(7,49-11)34(23(4)31(46)24(5)35(47)52-29)53-36-32(51-25(6)44)28(43(9)10)16-22(3)50-36/h13-15,18,21-24,27-29,32-34,36,41H,12,16-17,19-20H2,1-11H3,(H,42,48)/t21-,22-,23+,24-,27+,28+,29-,32-,33-,34-,36+,38-,39-/m1/s1. The lowest BCUT2D eigenvalue weighted by Crippen LogP contribution is -2.61. The summed E-state index contributed by atoms with van der Waals surface area (Å²) in [6, 6.07) is 2.54. The molecular formula is C39H60N4O11. The number of carbonyl (C=O) groups is 5. The second-order valence-corrected chi connectivity index (χ2v) is 15.8. The van der Waals surface area contributed by atoms with Gasteiger partial charge in [0.1, 0.15) is 17.8 Å². The monoisotopic (exact) mass is 760 g/mol. The zero-order chi connectivity index (χ0) is 40.1. The van der Waals surface area contributed by atoms with Crippen LogP contribution < -0.4 is 10.6 Å². The minimum Gasteiger partial charge on any atom is -0.458 e. The predicted octanol–water partition coefficient (Wildman–Crippen LogP) is 3.21. The van der Waals surface area contributed by atoms with Gasteiger partial charge in [-0.3, -0.25) is 24.2 Å². The molecule has 2 N–H and O–H groups in total. The number of cyclic esters (lactones) is 1. The molecule has 0 unspecified atom stereocenters. The van der Waals surface area contributed by atoms with Gasteiger partial charge in [0.05, 0.1) is 35.8 Å². The molecule has 0 bridgehead atoms. The summed E-state index contributed by atoms with van der Waals surface area (Å²) < 4.78 is 36.9. The third kappa shape index (κ3) is 9.47. The highest BCUT2D eigenvalue weighted by Gasteiger charge is 2.58. The van der Waals surface area contributed by atoms with E-state index in [4.69, 9.17) is 28.4 Å². The van der Waals surface area contributed by atoms with Crippen molar-refractivity contribution in [3.05, 3.63) is 30.1 Å². The number of rotatable bonds is 10. The number of amides is 1. The molecule has 4 rings (SSSR count). The van der Waals surface area contributed by atoms with Crippen LogP contribution in [0.25, 0.3) is 0 Å². The first kappa shape index (κ1) is 43.2. The van der Waals surface area contributed by atoms with Gasteiger partial charge in [0, 0.05) is 51.4 Å². The van der Waals surface area contributed by atoms with Crippen molar-refractivity contribution in [3.8, 4) is 0 Å². The van der Waals surface area contributed by atoms with Gasteiger partial charge >= 0.3 is 18.0 Å². The van der Waals surface area contributed by atoms with Crippen LogP contribution in [-0.2, 0) is 54.1 Å². The third-order valence-electron chi connectivity index (χ3n) is 11.4. The number of ketones is 2. The van der Waals surface area contributed by atoms with Crippen molar-refractivity contribution in [2.75, 3.05) is 27.7 Å². The Morgan fingerprint density at radius 3 is 2.41 bits per heavy atom. The van der Waals surface area contributed by atoms with E-state index in [9.17, 15) is 24.0 Å². The number of nitrogens with zero attached hydrogens (tertiary/aromatic N) is 2. The van der Waals surface area contributed by atoms with Gasteiger partial charge in [-0.15, -0.1) is 0 Å². The first-order valence-electron chi connectivity index (χ1n) is 18.9. The molecule has 0 aliphatic carbocycles. The van der Waals surface area contributed by atoms with Crippen molar-refractivity contribution < 1.29 is 52.4 Å². The van der Waals surface area contributed by atoms with E-state index in [1.165, 1.54) is 21.0 Å². The highest BCUT2D eigenvalue weighted by molar-refractivity contribution is 6.00. The highest BCUT2D eigenvalue weighted by atomic mass is 16.7. The Balaban J connectivity index is 1.80. The number of hydrogen-bond acceptors (Lipinski definition) is 14. The molecule has 15 heteroatoms. The molecule has 4 heterocycles. The molecule has 302 valence electrons. The SMILES string of the molecule is CC[C@H]1OC(=O)[C@H](C)C(=O)[C@H](C)[C@@H](O[C@@H]2O[C@H](C)C[C@H](N(C)C)[C@H]2OC(C)=O)[C@](C)(OC)C[C@@H](C)C(=O)[C@H](CNCc2cccnc2)[C@H]2NC(=O)O[C@@]21C. The number of carbonyl (C=O) groups excluding carboxylic acids is 5. The van der Waals surface area contributed by atoms with E-state index in [1.54, 1.807) is 47.0 Å². The van der Waals surface area contributed by atoms with Crippen LogP contribution in [0, 0.1) is 23.7 Å². The summed E-state index contributed by atoms with van der Waals surface area (Å²) in [6.07, 6.45) is -0.854. The van der Waals surface area contributed by atoms with Crippen molar-refractivity contribution in [2.24, 2.45) is 23.7 Å². The number of fused-ring (bicyclic) bond motifs is 1. The number of methoxy groups -OCH3 is 1. The largest absolute Gasteiger partial charge is 0.458 e. The number of aromatic nitrogens is 1. The summed E-state index contributed by atoms with van der Waals surface area (Å²) in [5.41, 5.74) is -1.87. The molecule has 3 aliphatic rings. The summed E-state index contributed by atoms with van der Waals surface area (Å²) in [5.74, 6) is -5.84. The van der Waals surface area contributed by atoms with Gasteiger partial charge in [-0.25, -0.2) is 4.79 Å². The zero-order valence-electron chi connectivity index (χ0n) is 33.6. The Hall–Kier alpha value is -3.50. The molecule has 0 aromatic carbocycles. The van der Waals surface area contributed by atoms with E-state index < -0.39 is 89.3 Å². The van der Waals surface area contributed by atoms with Gasteiger partial charge < -0.3 is 44.0 Å². The van der Waals surface area contributed by atoms with Crippen LogP contribution in [0.15, 0.2) is 24.5 Å². The van der Waals surface area contributed by atoms with E-state index in [0.717, 1.165) is 5.56 Å². The average Bonchev–Trinajstić information content (AvgIpc) is 3.43. The summed E-state index contributed by atoms with van der Waals surface area (Å²) in [5, 5.41) is 6.22. The van der Waals surface area contributed by atoms with Gasteiger partial charge in [-0.2, -0.15) is 0 Å². The predicted molar refractivity (Wildman–Crippen MR) is 196 cm³/mol. The Labute approximate surface area is 318 Å². The first-order chi connectivity index (χ1) is 25.4. The van der Waals surface area contributed by atoms with Crippen molar-refractivity contribution in [1.29, 1.82) is 0 Å². The smallest absolute Gasteiger partial charge is 0.408 e. The van der Waals surface area contributed by atoms with E-state index in [1.807, 2.05) is 38.1 Å². The molecule has 0 spiro atoms. The van der Waals surface area contributed by atoms with Crippen LogP contribution in [0.2, 0.25) is 0 Å². The molecule has 3 saturated heterocycles. The summed E-state index contributed by atoms with van der Waals surface area (Å²) >= 11 is 0. The minimum atomic E-state index is -1.45. The second-order valence-electron chi connectivity index (χ2n) is 15.8. The number of hydrogen-bond donors (Lipinski definition) is 2. The van der Waals surface area contributed by atoms with Crippen LogP contribution >= 0.6 is 0 Å². The van der Waals surface area contributed by atoms with Crippen molar-refractivity contribution in [1.82, 2.24) is 20.5 Å². The van der Waals surface area contributed by atoms with E-state index in [2.05, 4.69) is 15.6 Å². The number of ether oxygens (including phenoxy) is 6. The maximum absolute atomic E-state index is 14.8. The lowest BCUT2D eigenvalue weighted by molar-refractivity contribution is -0.298. The van der Waals surface area contributed by atoms with Gasteiger partial charge in [-0.05, 0) is 72.7 Å². The molecule has 0 saturated carbocycles. The minimum absolute atomic E-state index is 0.0790. The molecule has 1 amide bonds. The van der Waals surface area contributed by atoms with Crippen molar-refractivity contribution >= 4 is 29.6 Å². The maximum Gasteiger partial charge on any atom is 0.408 e. The topological polar surface area (TPSA) is 181 Å². The number of Topliss-reactive ketones (excluding diaryl/α,β-unsaturated/α-hetero) is 2. The van der Waals surface area contributed by atoms with Gasteiger partial charge in [0.25, 0.3) is 0 Å². The van der Waals surface area contributed by atoms with Crippen molar-refractivity contribution in [3.63, 3.8) is 0 Å². The van der Waals surface area contributed by atoms with E-state index in [-0.39, 0.29) is 37.3 Å². The summed E-state index contributed by atoms with van der Waals surface area (Å²) in [6.45, 7) is 13.8. The first-order valence-corrected chi connectivity index (χ1v) is 18.9. The lowest BCUT2D eigenvalue weighted by atomic mass is 9.73. The van der Waals surface area contributed by atoms with E-state index in [0.29, 0.717) is 13.0 Å². The fourth-order valence-electron chi connectivity index (χ4n) is 8.38. The third-order valence-corrected chi connectivity index (χ3v) is 11.4. The molecule has 13 atom stereocenters. The number of alkyl carbamates (subject to hydrolysis) is 1. The van der Waals surface area contributed by atoms with Crippen LogP contribution in [0.1, 0.15) is 80.2 Å². The lowest BCUT2D eigenvalue weighted by Gasteiger charge is -2.47. The molecule has 1 aromatic rings. The second kappa shape index (κ2) is 18.0. The normalized spacial score (nSPS) is 38.2. The van der Waals surface area contributed by atoms with Crippen LogP contribution in [0.3, 0.4) is 0 Å². The number of esters is 2. The summed E-state index contributed by atoms with van der Waals surface area (Å²) in [7, 11) is 5.22. The van der Waals surface area contributed by atoms with E-state index >= 15 is 0 Å². The highest BCUT2D eigenvalue weighted by Crippen LogP contribution is 2.40. The van der Waals surface area contributed by atoms with Crippen LogP contribution in [0.5, 0.6) is 0 Å². The molecule has 3 aliphatic heterocycles. The molecule has 0 radical (unpaired) electrons. The molecule has 54 heavy (non-hydrogen) atoms. The quantitative estimate of drug-likeness (QED) is 0.202. The number of pyridine rings is 1. The Morgan fingerprint density at radius 2 is 1.81 bits per heavy atom. The number of nitrogens with one attached hydrogen (secondary N) is 2. The fourth-order valence-corrected chi connectivity index (χ4v) is 8.38. The van der Waals surface area contributed by atoms with Crippen LogP contribution in [-0.4, -0.2) is 121 Å². The average molecular weight is 761 g/mol. The van der Waals surface area contributed by atoms with Gasteiger partial charge in [0.2, 0.25) is 0 Å². The Morgan fingerprint density at radius 1 is 1.11 bits per heavy atom. The Bertz CT molecular complexity index is 1500. The molecule has 3 fully saturated rings. The molecular weight excluding hydrogens is 700 g/mol. The zero-order valence-corrected chi connectivity index (χ0v) is 33.6. The number of likely N-dealkylation sites (N-methyl/N-ethyl adjacent to an activating group) is 1. The molecule has 15 nitrogen and oxygen atoms in total. The van der Waals surface area contributed by atoms with Crippen LogP contribution in [0.4, 0.5) is 4.79 Å². The molecule has 1 aromatic heterocycles. The Kier molecular flexibility index (Phi) is 14.4. The van der Waals surface area contributed by atoms with Crippen molar-refractivity contribution in [2.45, 2.75) is 135 Å². The maximum atomic E-state index is 14.8. The summed E-state index contributed by atoms with van der Waals surface area (Å²) in [4.78, 5) is 74.5. The van der Waals surface area contributed by atoms with Gasteiger partial charge in [0.15, 0.2) is 23.8 Å². The fraction of sp³-hybridized carbons (Fsp3) is 0.744. The van der Waals surface area contributed by atoms with Gasteiger partial charge in [-0.1, -0.05) is 26.8 Å².